The number of carbonyl (C=O) groups is 2. The van der Waals surface area contributed by atoms with Gasteiger partial charge in [-0.1, -0.05) is 31.2 Å². The number of fused-ring (bicyclic) bond motifs is 3. The highest BCUT2D eigenvalue weighted by atomic mass is 32.2. The SMILES string of the molecule is CCS(=O)(=O)c1cccc(-c2ccc3c(c2)C(=O)NCC2CN(C(=O)O)CC32)c1. The first-order valence-electron chi connectivity index (χ1n) is 9.53. The van der Waals surface area contributed by atoms with Gasteiger partial charge in [0.05, 0.1) is 10.6 Å². The van der Waals surface area contributed by atoms with E-state index in [4.69, 9.17) is 0 Å². The molecule has 0 aliphatic carbocycles. The van der Waals surface area contributed by atoms with Crippen molar-refractivity contribution in [3.8, 4) is 11.1 Å². The third-order valence-corrected chi connectivity index (χ3v) is 7.57. The van der Waals surface area contributed by atoms with Gasteiger partial charge >= 0.3 is 6.09 Å². The lowest BCUT2D eigenvalue weighted by atomic mass is 9.86. The van der Waals surface area contributed by atoms with Crippen LogP contribution in [0.3, 0.4) is 0 Å². The zero-order valence-electron chi connectivity index (χ0n) is 16.0. The monoisotopic (exact) mass is 414 g/mol. The molecule has 2 heterocycles. The number of benzene rings is 2. The zero-order chi connectivity index (χ0) is 20.8. The van der Waals surface area contributed by atoms with Gasteiger partial charge in [-0.05, 0) is 34.9 Å². The quantitative estimate of drug-likeness (QED) is 0.803. The van der Waals surface area contributed by atoms with Crippen LogP contribution in [0.4, 0.5) is 4.79 Å². The van der Waals surface area contributed by atoms with E-state index in [1.165, 1.54) is 4.90 Å². The molecule has 1 saturated heterocycles. The van der Waals surface area contributed by atoms with Crippen LogP contribution in [-0.2, 0) is 9.84 Å². The molecule has 1 fully saturated rings. The lowest BCUT2D eigenvalue weighted by molar-refractivity contribution is 0.0951. The summed E-state index contributed by atoms with van der Waals surface area (Å²) < 4.78 is 24.4. The number of hydrogen-bond acceptors (Lipinski definition) is 4. The van der Waals surface area contributed by atoms with Crippen LogP contribution in [0, 0.1) is 5.92 Å². The molecule has 2 aromatic rings. The van der Waals surface area contributed by atoms with Crippen molar-refractivity contribution >= 4 is 21.8 Å². The number of sulfone groups is 1. The van der Waals surface area contributed by atoms with Gasteiger partial charge in [0.1, 0.15) is 0 Å². The van der Waals surface area contributed by atoms with Crippen LogP contribution in [-0.4, -0.2) is 55.8 Å². The average Bonchev–Trinajstić information content (AvgIpc) is 3.11. The van der Waals surface area contributed by atoms with Gasteiger partial charge in [-0.2, -0.15) is 0 Å². The topological polar surface area (TPSA) is 104 Å². The first kappa shape index (κ1) is 19.4. The molecule has 0 bridgehead atoms. The molecule has 2 aliphatic heterocycles. The minimum absolute atomic E-state index is 0.0200. The summed E-state index contributed by atoms with van der Waals surface area (Å²) in [4.78, 5) is 25.7. The lowest BCUT2D eigenvalue weighted by Crippen LogP contribution is -2.31. The number of likely N-dealkylation sites (tertiary alicyclic amines) is 1. The number of nitrogens with zero attached hydrogens (tertiary/aromatic N) is 1. The number of nitrogens with one attached hydrogen (secondary N) is 1. The molecule has 7 nitrogen and oxygen atoms in total. The summed E-state index contributed by atoms with van der Waals surface area (Å²) in [6, 6.07) is 12.2. The summed E-state index contributed by atoms with van der Waals surface area (Å²) >= 11 is 0. The van der Waals surface area contributed by atoms with Crippen LogP contribution in [0.15, 0.2) is 47.4 Å². The van der Waals surface area contributed by atoms with E-state index in [0.717, 1.165) is 16.7 Å². The van der Waals surface area contributed by atoms with Gasteiger partial charge in [0.15, 0.2) is 9.84 Å². The van der Waals surface area contributed by atoms with Gasteiger partial charge in [0.25, 0.3) is 5.91 Å². The van der Waals surface area contributed by atoms with E-state index in [9.17, 15) is 23.1 Å². The molecule has 0 radical (unpaired) electrons. The molecule has 8 heteroatoms. The van der Waals surface area contributed by atoms with Crippen LogP contribution in [0.1, 0.15) is 28.8 Å². The molecule has 4 rings (SSSR count). The van der Waals surface area contributed by atoms with E-state index >= 15 is 0 Å². The molecule has 0 spiro atoms. The molecule has 2 N–H and O–H groups in total. The molecule has 2 atom stereocenters. The maximum atomic E-state index is 12.7. The molecule has 0 aromatic heterocycles. The third kappa shape index (κ3) is 3.48. The van der Waals surface area contributed by atoms with Crippen molar-refractivity contribution in [3.63, 3.8) is 0 Å². The van der Waals surface area contributed by atoms with Crippen molar-refractivity contribution in [2.24, 2.45) is 5.92 Å². The van der Waals surface area contributed by atoms with Gasteiger partial charge < -0.3 is 15.3 Å². The van der Waals surface area contributed by atoms with Crippen molar-refractivity contribution in [1.29, 1.82) is 0 Å². The standard InChI is InChI=1S/C21H22N2O5S/c1-2-29(27,28)16-5-3-4-13(8-16)14-6-7-17-18(9-14)20(24)22-10-15-11-23(21(25)26)12-19(15)17/h3-9,15,19H,2,10-12H2,1H3,(H,22,24)(H,25,26). The summed E-state index contributed by atoms with van der Waals surface area (Å²) in [5.41, 5.74) is 2.83. The van der Waals surface area contributed by atoms with E-state index in [0.29, 0.717) is 25.2 Å². The minimum Gasteiger partial charge on any atom is -0.465 e. The fraction of sp³-hybridized carbons (Fsp3) is 0.333. The minimum atomic E-state index is -3.33. The Kier molecular flexibility index (Phi) is 4.82. The van der Waals surface area contributed by atoms with E-state index in [-0.39, 0.29) is 28.4 Å². The first-order valence-corrected chi connectivity index (χ1v) is 11.2. The summed E-state index contributed by atoms with van der Waals surface area (Å²) in [6.07, 6.45) is -0.948. The molecule has 152 valence electrons. The van der Waals surface area contributed by atoms with Crippen LogP contribution < -0.4 is 5.32 Å². The summed E-state index contributed by atoms with van der Waals surface area (Å²) in [5, 5.41) is 12.2. The van der Waals surface area contributed by atoms with Gasteiger partial charge in [-0.15, -0.1) is 0 Å². The molecular weight excluding hydrogens is 392 g/mol. The highest BCUT2D eigenvalue weighted by Gasteiger charge is 2.39. The first-order chi connectivity index (χ1) is 13.8. The van der Waals surface area contributed by atoms with Crippen LogP contribution >= 0.6 is 0 Å². The fourth-order valence-electron chi connectivity index (χ4n) is 4.20. The van der Waals surface area contributed by atoms with Gasteiger partial charge in [0, 0.05) is 37.0 Å². The molecule has 2 amide bonds. The van der Waals surface area contributed by atoms with E-state index in [1.54, 1.807) is 31.2 Å². The Bertz CT molecular complexity index is 1100. The van der Waals surface area contributed by atoms with Gasteiger partial charge in [0.2, 0.25) is 0 Å². The normalized spacial score (nSPS) is 21.1. The van der Waals surface area contributed by atoms with Crippen LogP contribution in [0.5, 0.6) is 0 Å². The fourth-order valence-corrected chi connectivity index (χ4v) is 5.12. The van der Waals surface area contributed by atoms with E-state index < -0.39 is 15.9 Å². The van der Waals surface area contributed by atoms with Crippen molar-refractivity contribution in [1.82, 2.24) is 10.2 Å². The van der Waals surface area contributed by atoms with E-state index in [2.05, 4.69) is 5.32 Å². The Morgan fingerprint density at radius 1 is 1.17 bits per heavy atom. The second kappa shape index (κ2) is 7.18. The number of amides is 2. The maximum absolute atomic E-state index is 12.7. The predicted molar refractivity (Wildman–Crippen MR) is 108 cm³/mol. The summed E-state index contributed by atoms with van der Waals surface area (Å²) in [5.74, 6) is -0.164. The van der Waals surface area contributed by atoms with Crippen molar-refractivity contribution in [3.05, 3.63) is 53.6 Å². The Balaban J connectivity index is 1.75. The number of carboxylic acid groups (broad SMARTS) is 1. The molecule has 29 heavy (non-hydrogen) atoms. The Morgan fingerprint density at radius 3 is 2.66 bits per heavy atom. The molecule has 2 aromatic carbocycles. The van der Waals surface area contributed by atoms with Gasteiger partial charge in [-0.25, -0.2) is 13.2 Å². The van der Waals surface area contributed by atoms with Crippen molar-refractivity contribution in [2.45, 2.75) is 17.7 Å². The van der Waals surface area contributed by atoms with Crippen LogP contribution in [0.25, 0.3) is 11.1 Å². The van der Waals surface area contributed by atoms with E-state index in [1.807, 2.05) is 18.2 Å². The highest BCUT2D eigenvalue weighted by molar-refractivity contribution is 7.91. The summed E-state index contributed by atoms with van der Waals surface area (Å²) in [6.45, 7) is 2.80. The Morgan fingerprint density at radius 2 is 1.93 bits per heavy atom. The number of rotatable bonds is 3. The lowest BCUT2D eigenvalue weighted by Gasteiger charge is -2.17. The average molecular weight is 414 g/mol. The third-order valence-electron chi connectivity index (χ3n) is 5.84. The second-order valence-electron chi connectivity index (χ2n) is 7.50. The highest BCUT2D eigenvalue weighted by Crippen LogP contribution is 2.37. The second-order valence-corrected chi connectivity index (χ2v) is 9.78. The number of hydrogen-bond donors (Lipinski definition) is 2. The van der Waals surface area contributed by atoms with Gasteiger partial charge in [-0.3, -0.25) is 4.79 Å². The van der Waals surface area contributed by atoms with Crippen molar-refractivity contribution < 1.29 is 23.1 Å². The number of carbonyl (C=O) groups excluding carboxylic acids is 1. The maximum Gasteiger partial charge on any atom is 0.407 e. The zero-order valence-corrected chi connectivity index (χ0v) is 16.8. The predicted octanol–water partition coefficient (Wildman–Crippen LogP) is 2.58. The molecule has 2 unspecified atom stereocenters. The largest absolute Gasteiger partial charge is 0.465 e. The van der Waals surface area contributed by atoms with Crippen LogP contribution in [0.2, 0.25) is 0 Å². The Hall–Kier alpha value is -2.87. The summed E-state index contributed by atoms with van der Waals surface area (Å²) in [7, 11) is -3.33. The molecular formula is C21H22N2O5S. The van der Waals surface area contributed by atoms with Crippen molar-refractivity contribution in [2.75, 3.05) is 25.4 Å². The molecule has 2 aliphatic rings. The molecule has 0 saturated carbocycles. The Labute approximate surface area is 169 Å². The smallest absolute Gasteiger partial charge is 0.407 e.